The molecule has 3 amide bonds. The van der Waals surface area contributed by atoms with E-state index in [1.165, 1.54) is 19.3 Å². The number of nitrogens with zero attached hydrogens (tertiary/aromatic N) is 3. The van der Waals surface area contributed by atoms with Crippen molar-refractivity contribution in [3.63, 3.8) is 0 Å². The van der Waals surface area contributed by atoms with E-state index in [1.807, 2.05) is 28.0 Å². The first-order valence-corrected chi connectivity index (χ1v) is 11.5. The average Bonchev–Trinajstić information content (AvgIpc) is 2.91. The van der Waals surface area contributed by atoms with Crippen LogP contribution in [-0.2, 0) is 6.42 Å². The van der Waals surface area contributed by atoms with Crippen LogP contribution in [0.5, 0.6) is 5.75 Å². The molecule has 3 fully saturated rings. The largest absolute Gasteiger partial charge is 0.493 e. The Morgan fingerprint density at radius 3 is 2.73 bits per heavy atom. The summed E-state index contributed by atoms with van der Waals surface area (Å²) in [4.78, 5) is 31.3. The molecule has 0 bridgehead atoms. The Labute approximate surface area is 178 Å². The smallest absolute Gasteiger partial charge is 0.320 e. The Bertz CT molecular complexity index is 804. The lowest BCUT2D eigenvalue weighted by atomic mass is 9.91. The molecule has 7 heteroatoms. The van der Waals surface area contributed by atoms with Crippen LogP contribution < -0.4 is 10.1 Å². The molecule has 162 valence electrons. The van der Waals surface area contributed by atoms with Crippen LogP contribution in [-0.4, -0.2) is 85.1 Å². The van der Waals surface area contributed by atoms with Crippen molar-refractivity contribution < 1.29 is 14.3 Å². The molecule has 1 aromatic rings. The highest BCUT2D eigenvalue weighted by molar-refractivity contribution is 5.96. The zero-order valence-corrected chi connectivity index (χ0v) is 17.6. The van der Waals surface area contributed by atoms with Crippen molar-refractivity contribution >= 4 is 11.9 Å². The van der Waals surface area contributed by atoms with Gasteiger partial charge in [-0.25, -0.2) is 4.79 Å². The van der Waals surface area contributed by atoms with Crippen LogP contribution in [0.2, 0.25) is 0 Å². The summed E-state index contributed by atoms with van der Waals surface area (Å²) in [6.07, 6.45) is 5.96. The maximum absolute atomic E-state index is 12.9. The summed E-state index contributed by atoms with van der Waals surface area (Å²) in [5.74, 6) is 1.20. The molecule has 0 atom stereocenters. The number of nitrogens with one attached hydrogen (secondary N) is 1. The zero-order valence-electron chi connectivity index (χ0n) is 17.6. The molecule has 1 aromatic carbocycles. The van der Waals surface area contributed by atoms with Gasteiger partial charge in [-0.2, -0.15) is 0 Å². The quantitative estimate of drug-likeness (QED) is 0.821. The molecule has 0 aromatic heterocycles. The number of rotatable bonds is 4. The molecule has 30 heavy (non-hydrogen) atoms. The second-order valence-corrected chi connectivity index (χ2v) is 9.15. The number of hydrogen-bond donors (Lipinski definition) is 1. The molecule has 0 radical (unpaired) electrons. The maximum Gasteiger partial charge on any atom is 0.320 e. The third-order valence-corrected chi connectivity index (χ3v) is 7.11. The fraction of sp³-hybridized carbons (Fsp3) is 0.652. The van der Waals surface area contributed by atoms with Crippen molar-refractivity contribution in [1.82, 2.24) is 20.0 Å². The number of benzene rings is 1. The molecule has 2 saturated heterocycles. The van der Waals surface area contributed by atoms with E-state index >= 15 is 0 Å². The first-order valence-electron chi connectivity index (χ1n) is 11.5. The fourth-order valence-corrected chi connectivity index (χ4v) is 4.99. The van der Waals surface area contributed by atoms with E-state index in [4.69, 9.17) is 4.74 Å². The van der Waals surface area contributed by atoms with Gasteiger partial charge in [0.2, 0.25) is 0 Å². The highest BCUT2D eigenvalue weighted by Crippen LogP contribution is 2.27. The number of carbonyl (C=O) groups excluding carboxylic acids is 2. The highest BCUT2D eigenvalue weighted by Gasteiger charge is 2.35. The number of urea groups is 1. The van der Waals surface area contributed by atoms with Crippen LogP contribution in [0.4, 0.5) is 4.79 Å². The van der Waals surface area contributed by atoms with E-state index in [9.17, 15) is 9.59 Å². The summed E-state index contributed by atoms with van der Waals surface area (Å²) < 4.78 is 5.97. The molecule has 0 spiro atoms. The number of hydrogen-bond acceptors (Lipinski definition) is 4. The van der Waals surface area contributed by atoms with E-state index in [2.05, 4.69) is 10.2 Å². The van der Waals surface area contributed by atoms with Gasteiger partial charge in [0, 0.05) is 63.3 Å². The first-order chi connectivity index (χ1) is 14.7. The molecule has 1 aliphatic carbocycles. The normalized spacial score (nSPS) is 23.1. The van der Waals surface area contributed by atoms with Gasteiger partial charge in [0.05, 0.1) is 6.61 Å². The standard InChI is InChI=1S/C23H32N4O3/c28-22-21-6-5-20(13-18(21)7-8-24-22)30-16-17-14-27(15-17)23(29)26-10-2-9-25(11-12-26)19-3-1-4-19/h5-6,13,17,19H,1-4,7-12,14-16H2,(H,24,28). The Balaban J connectivity index is 1.06. The predicted octanol–water partition coefficient (Wildman–Crippen LogP) is 1.96. The summed E-state index contributed by atoms with van der Waals surface area (Å²) in [5.41, 5.74) is 1.81. The lowest BCUT2D eigenvalue weighted by molar-refractivity contribution is 0.0650. The average molecular weight is 413 g/mol. The Morgan fingerprint density at radius 1 is 1.07 bits per heavy atom. The molecule has 1 N–H and O–H groups in total. The van der Waals surface area contributed by atoms with Crippen LogP contribution in [0.15, 0.2) is 18.2 Å². The van der Waals surface area contributed by atoms with Gasteiger partial charge in [-0.05, 0) is 49.4 Å². The number of amides is 3. The van der Waals surface area contributed by atoms with Gasteiger partial charge in [0.15, 0.2) is 0 Å². The monoisotopic (exact) mass is 412 g/mol. The second kappa shape index (κ2) is 8.46. The Hall–Kier alpha value is -2.28. The van der Waals surface area contributed by atoms with Crippen molar-refractivity contribution in [2.75, 3.05) is 52.4 Å². The minimum Gasteiger partial charge on any atom is -0.493 e. The van der Waals surface area contributed by atoms with Gasteiger partial charge < -0.3 is 19.9 Å². The van der Waals surface area contributed by atoms with E-state index < -0.39 is 0 Å². The van der Waals surface area contributed by atoms with Crippen molar-refractivity contribution in [3.05, 3.63) is 29.3 Å². The minimum absolute atomic E-state index is 0.000248. The van der Waals surface area contributed by atoms with Crippen LogP contribution in [0.1, 0.15) is 41.6 Å². The molecule has 7 nitrogen and oxygen atoms in total. The van der Waals surface area contributed by atoms with Gasteiger partial charge in [-0.3, -0.25) is 9.69 Å². The van der Waals surface area contributed by atoms with E-state index in [0.717, 1.165) is 75.0 Å². The predicted molar refractivity (Wildman–Crippen MR) is 114 cm³/mol. The van der Waals surface area contributed by atoms with Crippen LogP contribution in [0, 0.1) is 5.92 Å². The van der Waals surface area contributed by atoms with E-state index in [1.54, 1.807) is 0 Å². The highest BCUT2D eigenvalue weighted by atomic mass is 16.5. The Morgan fingerprint density at radius 2 is 1.93 bits per heavy atom. The summed E-state index contributed by atoms with van der Waals surface area (Å²) in [6, 6.07) is 6.67. The number of likely N-dealkylation sites (tertiary alicyclic amines) is 1. The van der Waals surface area contributed by atoms with Crippen molar-refractivity contribution in [1.29, 1.82) is 0 Å². The van der Waals surface area contributed by atoms with Gasteiger partial charge >= 0.3 is 6.03 Å². The lowest BCUT2D eigenvalue weighted by Crippen LogP contribution is -2.56. The van der Waals surface area contributed by atoms with Crippen LogP contribution >= 0.6 is 0 Å². The lowest BCUT2D eigenvalue weighted by Gasteiger charge is -2.41. The van der Waals surface area contributed by atoms with E-state index in [0.29, 0.717) is 19.1 Å². The van der Waals surface area contributed by atoms with Crippen LogP contribution in [0.3, 0.4) is 0 Å². The summed E-state index contributed by atoms with van der Waals surface area (Å²) in [7, 11) is 0. The summed E-state index contributed by atoms with van der Waals surface area (Å²) in [6.45, 7) is 6.73. The molecule has 3 heterocycles. The van der Waals surface area contributed by atoms with Gasteiger partial charge in [0.1, 0.15) is 5.75 Å². The number of fused-ring (bicyclic) bond motifs is 1. The molecule has 3 aliphatic heterocycles. The molecule has 1 saturated carbocycles. The van der Waals surface area contributed by atoms with Gasteiger partial charge in [-0.1, -0.05) is 6.42 Å². The van der Waals surface area contributed by atoms with E-state index in [-0.39, 0.29) is 11.9 Å². The second-order valence-electron chi connectivity index (χ2n) is 9.15. The number of carbonyl (C=O) groups is 2. The topological polar surface area (TPSA) is 65.1 Å². The van der Waals surface area contributed by atoms with Gasteiger partial charge in [0.25, 0.3) is 5.91 Å². The Kier molecular flexibility index (Phi) is 5.54. The third-order valence-electron chi connectivity index (χ3n) is 7.11. The molecular weight excluding hydrogens is 380 g/mol. The fourth-order valence-electron chi connectivity index (χ4n) is 4.99. The third kappa shape index (κ3) is 4.00. The zero-order chi connectivity index (χ0) is 20.5. The van der Waals surface area contributed by atoms with Crippen molar-refractivity contribution in [2.45, 2.75) is 38.1 Å². The molecule has 0 unspecified atom stereocenters. The summed E-state index contributed by atoms with van der Waals surface area (Å²) >= 11 is 0. The summed E-state index contributed by atoms with van der Waals surface area (Å²) in [5, 5.41) is 2.86. The van der Waals surface area contributed by atoms with Gasteiger partial charge in [-0.15, -0.1) is 0 Å². The number of ether oxygens (including phenoxy) is 1. The maximum atomic E-state index is 12.9. The van der Waals surface area contributed by atoms with Crippen molar-refractivity contribution in [3.8, 4) is 5.75 Å². The molecule has 4 aliphatic rings. The first kappa shape index (κ1) is 19.7. The molecular formula is C23H32N4O3. The van der Waals surface area contributed by atoms with Crippen LogP contribution in [0.25, 0.3) is 0 Å². The minimum atomic E-state index is 0.000248. The van der Waals surface area contributed by atoms with Crippen molar-refractivity contribution in [2.24, 2.45) is 5.92 Å². The molecule has 5 rings (SSSR count). The SMILES string of the molecule is O=C1NCCc2cc(OCC3CN(C(=O)N4CCCN(C5CCC5)CC4)C3)ccc21.